The third kappa shape index (κ3) is 3.03. The summed E-state index contributed by atoms with van der Waals surface area (Å²) < 4.78 is 1.95. The van der Waals surface area contributed by atoms with Gasteiger partial charge in [-0.1, -0.05) is 17.8 Å². The average molecular weight is 353 g/mol. The van der Waals surface area contributed by atoms with Gasteiger partial charge >= 0.3 is 5.69 Å². The van der Waals surface area contributed by atoms with Crippen LogP contribution in [0.3, 0.4) is 0 Å². The number of pyridine rings is 1. The van der Waals surface area contributed by atoms with E-state index >= 15 is 0 Å². The van der Waals surface area contributed by atoms with Crippen LogP contribution < -0.4 is 11.0 Å². The molecule has 25 heavy (non-hydrogen) atoms. The second kappa shape index (κ2) is 6.14. The summed E-state index contributed by atoms with van der Waals surface area (Å²) in [5.74, 6) is -0.130. The van der Waals surface area contributed by atoms with Crippen molar-refractivity contribution in [3.05, 3.63) is 59.3 Å². The summed E-state index contributed by atoms with van der Waals surface area (Å²) >= 11 is 1.39. The molecule has 1 atom stereocenters. The molecule has 8 heteroatoms. The monoisotopic (exact) mass is 353 g/mol. The van der Waals surface area contributed by atoms with E-state index in [0.717, 1.165) is 10.7 Å². The third-order valence-electron chi connectivity index (χ3n) is 3.84. The van der Waals surface area contributed by atoms with Crippen LogP contribution in [0.1, 0.15) is 6.92 Å². The van der Waals surface area contributed by atoms with Crippen LogP contribution in [-0.4, -0.2) is 30.5 Å². The predicted octanol–water partition coefficient (Wildman–Crippen LogP) is 2.62. The van der Waals surface area contributed by atoms with E-state index in [9.17, 15) is 9.59 Å². The van der Waals surface area contributed by atoms with Crippen molar-refractivity contribution < 1.29 is 4.79 Å². The predicted molar refractivity (Wildman–Crippen MR) is 98.1 cm³/mol. The van der Waals surface area contributed by atoms with E-state index in [0.29, 0.717) is 16.7 Å². The topological polar surface area (TPSA) is 95.1 Å². The number of nitrogens with one attached hydrogen (secondary N) is 3. The van der Waals surface area contributed by atoms with Gasteiger partial charge in [0.25, 0.3) is 0 Å². The molecule has 0 radical (unpaired) electrons. The van der Waals surface area contributed by atoms with Gasteiger partial charge in [0.05, 0.1) is 28.0 Å². The van der Waals surface area contributed by atoms with Crippen LogP contribution in [0.2, 0.25) is 0 Å². The highest BCUT2D eigenvalue weighted by Crippen LogP contribution is 2.24. The number of nitrogens with zero attached hydrogens (tertiary/aromatic N) is 2. The molecule has 0 fully saturated rings. The van der Waals surface area contributed by atoms with Crippen LogP contribution in [-0.2, 0) is 4.79 Å². The van der Waals surface area contributed by atoms with Crippen LogP contribution in [0.5, 0.6) is 0 Å². The number of fused-ring (bicyclic) bond motifs is 2. The Morgan fingerprint density at radius 3 is 2.96 bits per heavy atom. The van der Waals surface area contributed by atoms with Gasteiger partial charge < -0.3 is 15.3 Å². The molecule has 0 aliphatic carbocycles. The van der Waals surface area contributed by atoms with Crippen LogP contribution in [0, 0.1) is 0 Å². The van der Waals surface area contributed by atoms with E-state index in [4.69, 9.17) is 0 Å². The number of benzene rings is 1. The number of H-pyrrole nitrogens is 2. The molecule has 0 spiro atoms. The van der Waals surface area contributed by atoms with E-state index in [2.05, 4.69) is 20.3 Å². The van der Waals surface area contributed by atoms with Gasteiger partial charge in [0.15, 0.2) is 5.16 Å². The maximum Gasteiger partial charge on any atom is 0.323 e. The molecule has 1 amide bonds. The molecule has 0 saturated carbocycles. The molecule has 4 rings (SSSR count). The summed E-state index contributed by atoms with van der Waals surface area (Å²) in [5, 5.41) is 3.31. The lowest BCUT2D eigenvalue weighted by Gasteiger charge is -2.11. The number of hydrogen-bond acceptors (Lipinski definition) is 4. The van der Waals surface area contributed by atoms with Gasteiger partial charge in [-0.25, -0.2) is 9.78 Å². The van der Waals surface area contributed by atoms with Crippen molar-refractivity contribution in [1.82, 2.24) is 19.4 Å². The lowest BCUT2D eigenvalue weighted by Crippen LogP contribution is -2.22. The van der Waals surface area contributed by atoms with Crippen molar-refractivity contribution in [3.8, 4) is 0 Å². The Morgan fingerprint density at radius 1 is 1.24 bits per heavy atom. The Morgan fingerprint density at radius 2 is 2.08 bits per heavy atom. The van der Waals surface area contributed by atoms with E-state index in [-0.39, 0.29) is 16.8 Å². The first-order valence-electron chi connectivity index (χ1n) is 7.72. The molecular weight excluding hydrogens is 338 g/mol. The smallest absolute Gasteiger partial charge is 0.323 e. The number of anilines is 1. The van der Waals surface area contributed by atoms with Gasteiger partial charge in [0.2, 0.25) is 5.91 Å². The first kappa shape index (κ1) is 15.5. The quantitative estimate of drug-likeness (QED) is 0.492. The van der Waals surface area contributed by atoms with Gasteiger partial charge in [-0.05, 0) is 37.3 Å². The van der Waals surface area contributed by atoms with Gasteiger partial charge in [-0.15, -0.1) is 0 Å². The first-order chi connectivity index (χ1) is 12.1. The zero-order valence-corrected chi connectivity index (χ0v) is 14.1. The minimum absolute atomic E-state index is 0.130. The highest BCUT2D eigenvalue weighted by atomic mass is 32.2. The summed E-state index contributed by atoms with van der Waals surface area (Å²) in [4.78, 5) is 33.5. The number of rotatable bonds is 4. The third-order valence-corrected chi connectivity index (χ3v) is 4.92. The lowest BCUT2D eigenvalue weighted by atomic mass is 10.2. The van der Waals surface area contributed by atoms with Crippen molar-refractivity contribution >= 4 is 39.9 Å². The van der Waals surface area contributed by atoms with E-state index < -0.39 is 0 Å². The number of aromatic amines is 2. The largest absolute Gasteiger partial charge is 0.325 e. The van der Waals surface area contributed by atoms with E-state index in [1.165, 1.54) is 11.8 Å². The summed E-state index contributed by atoms with van der Waals surface area (Å²) in [6, 6.07) is 11.1. The van der Waals surface area contributed by atoms with Gasteiger partial charge in [-0.3, -0.25) is 9.20 Å². The normalized spacial score (nSPS) is 12.5. The summed E-state index contributed by atoms with van der Waals surface area (Å²) in [7, 11) is 0. The molecule has 3 N–H and O–H groups in total. The van der Waals surface area contributed by atoms with Gasteiger partial charge in [0, 0.05) is 11.9 Å². The number of imidazole rings is 2. The number of thioether (sulfide) groups is 1. The fraction of sp³-hybridized carbons (Fsp3) is 0.118. The lowest BCUT2D eigenvalue weighted by molar-refractivity contribution is -0.115. The Balaban J connectivity index is 1.50. The van der Waals surface area contributed by atoms with Crippen LogP contribution in [0.4, 0.5) is 5.69 Å². The summed E-state index contributed by atoms with van der Waals surface area (Å²) in [5.41, 5.74) is 2.71. The highest BCUT2D eigenvalue weighted by molar-refractivity contribution is 8.00. The molecule has 0 aliphatic heterocycles. The number of hydrogen-bond donors (Lipinski definition) is 3. The van der Waals surface area contributed by atoms with Gasteiger partial charge in [0.1, 0.15) is 0 Å². The average Bonchev–Trinajstić information content (AvgIpc) is 3.17. The molecule has 4 aromatic rings. The maximum absolute atomic E-state index is 12.5. The fourth-order valence-corrected chi connectivity index (χ4v) is 3.45. The zero-order valence-electron chi connectivity index (χ0n) is 13.3. The van der Waals surface area contributed by atoms with Crippen molar-refractivity contribution in [3.63, 3.8) is 0 Å². The standard InChI is InChI=1S/C17H15N5O2S/c1-10(25-17-18-9-12-4-2-3-7-22(12)17)15(23)19-11-5-6-13-14(8-11)21-16(24)20-13/h2-10H,1H3,(H,19,23)(H2,20,21,24)/t10-/m0/s1. The van der Waals surface area contributed by atoms with Crippen LogP contribution in [0.15, 0.2) is 58.7 Å². The van der Waals surface area contributed by atoms with Crippen molar-refractivity contribution in [2.45, 2.75) is 17.3 Å². The SMILES string of the molecule is C[C@H](Sc1ncc2ccccn12)C(=O)Nc1ccc2[nH]c(=O)[nH]c2c1. The number of amides is 1. The maximum atomic E-state index is 12.5. The zero-order chi connectivity index (χ0) is 17.4. The molecular formula is C17H15N5O2S. The second-order valence-electron chi connectivity index (χ2n) is 5.63. The number of carbonyl (C=O) groups is 1. The molecule has 0 unspecified atom stereocenters. The fourth-order valence-electron chi connectivity index (χ4n) is 2.57. The van der Waals surface area contributed by atoms with Gasteiger partial charge in [-0.2, -0.15) is 0 Å². The molecule has 0 bridgehead atoms. The minimum atomic E-state index is -0.327. The second-order valence-corrected chi connectivity index (χ2v) is 6.93. The van der Waals surface area contributed by atoms with Crippen LogP contribution >= 0.6 is 11.8 Å². The number of carbonyl (C=O) groups excluding carboxylic acids is 1. The summed E-state index contributed by atoms with van der Waals surface area (Å²) in [6.45, 7) is 1.83. The van der Waals surface area contributed by atoms with Crippen LogP contribution in [0.25, 0.3) is 16.6 Å². The highest BCUT2D eigenvalue weighted by Gasteiger charge is 2.17. The first-order valence-corrected chi connectivity index (χ1v) is 8.60. The molecule has 0 aliphatic rings. The molecule has 3 aromatic heterocycles. The molecule has 0 saturated heterocycles. The Labute approximate surface area is 146 Å². The molecule has 3 heterocycles. The van der Waals surface area contributed by atoms with E-state index in [1.54, 1.807) is 24.4 Å². The Bertz CT molecular complexity index is 1130. The summed E-state index contributed by atoms with van der Waals surface area (Å²) in [6.07, 6.45) is 3.70. The van der Waals surface area contributed by atoms with Crippen molar-refractivity contribution in [2.24, 2.45) is 0 Å². The Kier molecular flexibility index (Phi) is 3.81. The Hall–Kier alpha value is -3.00. The molecule has 1 aromatic carbocycles. The number of aromatic nitrogens is 4. The van der Waals surface area contributed by atoms with E-state index in [1.807, 2.05) is 35.7 Å². The van der Waals surface area contributed by atoms with Crippen molar-refractivity contribution in [1.29, 1.82) is 0 Å². The minimum Gasteiger partial charge on any atom is -0.325 e. The van der Waals surface area contributed by atoms with Crippen molar-refractivity contribution in [2.75, 3.05) is 5.32 Å². The molecule has 126 valence electrons. The molecule has 7 nitrogen and oxygen atoms in total.